The molecule has 0 aliphatic carbocycles. The Morgan fingerprint density at radius 1 is 1.11 bits per heavy atom. The van der Waals surface area contributed by atoms with Gasteiger partial charge in [0.25, 0.3) is 0 Å². The quantitative estimate of drug-likeness (QED) is 0.796. The number of carbonyl (C=O) groups is 1. The lowest BCUT2D eigenvalue weighted by atomic mass is 10.0. The molecule has 0 aromatic rings. The van der Waals surface area contributed by atoms with E-state index in [1.165, 1.54) is 32.4 Å². The van der Waals surface area contributed by atoms with E-state index in [4.69, 9.17) is 0 Å². The standard InChI is InChI=1S/C14H27N3O/c1-2-15-13-7-6-10-17(14(13)18)12-11-16-8-4-3-5-9-16/h13,15H,2-12H2,1H3. The fourth-order valence-electron chi connectivity index (χ4n) is 3.04. The number of rotatable bonds is 5. The largest absolute Gasteiger partial charge is 0.340 e. The van der Waals surface area contributed by atoms with Gasteiger partial charge < -0.3 is 15.1 Å². The third-order valence-corrected chi connectivity index (χ3v) is 4.12. The first-order valence-corrected chi connectivity index (χ1v) is 7.56. The van der Waals surface area contributed by atoms with Crippen LogP contribution in [0.25, 0.3) is 0 Å². The normalized spacial score (nSPS) is 26.6. The van der Waals surface area contributed by atoms with E-state index < -0.39 is 0 Å². The number of carbonyl (C=O) groups excluding carboxylic acids is 1. The Labute approximate surface area is 111 Å². The lowest BCUT2D eigenvalue weighted by molar-refractivity contribution is -0.136. The Hall–Kier alpha value is -0.610. The fraction of sp³-hybridized carbons (Fsp3) is 0.929. The van der Waals surface area contributed by atoms with Gasteiger partial charge in [-0.3, -0.25) is 4.79 Å². The summed E-state index contributed by atoms with van der Waals surface area (Å²) in [6.07, 6.45) is 6.18. The van der Waals surface area contributed by atoms with E-state index in [-0.39, 0.29) is 6.04 Å². The third-order valence-electron chi connectivity index (χ3n) is 4.12. The minimum absolute atomic E-state index is 0.0742. The van der Waals surface area contributed by atoms with Gasteiger partial charge in [-0.1, -0.05) is 13.3 Å². The Bertz CT molecular complexity index is 262. The van der Waals surface area contributed by atoms with Crippen molar-refractivity contribution < 1.29 is 4.79 Å². The van der Waals surface area contributed by atoms with E-state index in [1.807, 2.05) is 0 Å². The molecule has 0 radical (unpaired) electrons. The minimum Gasteiger partial charge on any atom is -0.340 e. The van der Waals surface area contributed by atoms with Crippen LogP contribution in [0.15, 0.2) is 0 Å². The molecule has 0 saturated carbocycles. The predicted octanol–water partition coefficient (Wildman–Crippen LogP) is 1.07. The van der Waals surface area contributed by atoms with Crippen LogP contribution in [-0.2, 0) is 4.79 Å². The molecule has 2 aliphatic heterocycles. The third kappa shape index (κ3) is 3.69. The van der Waals surface area contributed by atoms with Gasteiger partial charge in [0.2, 0.25) is 5.91 Å². The average molecular weight is 253 g/mol. The van der Waals surface area contributed by atoms with Crippen molar-refractivity contribution in [2.75, 3.05) is 39.3 Å². The van der Waals surface area contributed by atoms with E-state index >= 15 is 0 Å². The summed E-state index contributed by atoms with van der Waals surface area (Å²) in [6.45, 7) is 8.33. The SMILES string of the molecule is CCNC1CCCN(CCN2CCCCC2)C1=O. The summed E-state index contributed by atoms with van der Waals surface area (Å²) < 4.78 is 0. The average Bonchev–Trinajstić information content (AvgIpc) is 2.41. The zero-order chi connectivity index (χ0) is 12.8. The number of piperidine rings is 2. The van der Waals surface area contributed by atoms with Crippen molar-refractivity contribution in [3.8, 4) is 0 Å². The molecule has 0 spiro atoms. The van der Waals surface area contributed by atoms with Crippen molar-refractivity contribution in [1.29, 1.82) is 0 Å². The van der Waals surface area contributed by atoms with Crippen LogP contribution in [0.5, 0.6) is 0 Å². The molecule has 18 heavy (non-hydrogen) atoms. The molecule has 4 heteroatoms. The zero-order valence-corrected chi connectivity index (χ0v) is 11.7. The first-order chi connectivity index (χ1) is 8.81. The van der Waals surface area contributed by atoms with E-state index in [9.17, 15) is 4.79 Å². The molecule has 2 fully saturated rings. The van der Waals surface area contributed by atoms with Gasteiger partial charge in [-0.25, -0.2) is 0 Å². The first-order valence-electron chi connectivity index (χ1n) is 7.56. The molecule has 1 amide bonds. The van der Waals surface area contributed by atoms with Crippen LogP contribution >= 0.6 is 0 Å². The summed E-state index contributed by atoms with van der Waals surface area (Å²) in [5, 5.41) is 3.30. The Morgan fingerprint density at radius 2 is 1.89 bits per heavy atom. The molecular weight excluding hydrogens is 226 g/mol. The fourth-order valence-corrected chi connectivity index (χ4v) is 3.04. The van der Waals surface area contributed by atoms with E-state index in [1.54, 1.807) is 0 Å². The van der Waals surface area contributed by atoms with Gasteiger partial charge in [-0.2, -0.15) is 0 Å². The highest BCUT2D eigenvalue weighted by Crippen LogP contribution is 2.13. The number of amides is 1. The smallest absolute Gasteiger partial charge is 0.239 e. The molecule has 0 aromatic carbocycles. The van der Waals surface area contributed by atoms with E-state index in [2.05, 4.69) is 22.0 Å². The molecule has 1 N–H and O–H groups in total. The monoisotopic (exact) mass is 253 g/mol. The number of likely N-dealkylation sites (tertiary alicyclic amines) is 2. The van der Waals surface area contributed by atoms with Crippen LogP contribution in [0, 0.1) is 0 Å². The van der Waals surface area contributed by atoms with Gasteiger partial charge in [-0.15, -0.1) is 0 Å². The maximum absolute atomic E-state index is 12.2. The Kier molecular flexibility index (Phi) is 5.45. The van der Waals surface area contributed by atoms with Crippen LogP contribution in [0.3, 0.4) is 0 Å². The molecule has 2 saturated heterocycles. The minimum atomic E-state index is 0.0742. The van der Waals surface area contributed by atoms with E-state index in [0.29, 0.717) is 5.91 Å². The predicted molar refractivity (Wildman–Crippen MR) is 73.6 cm³/mol. The molecule has 0 aromatic heterocycles. The highest BCUT2D eigenvalue weighted by Gasteiger charge is 2.27. The van der Waals surface area contributed by atoms with Crippen LogP contribution in [-0.4, -0.2) is 61.0 Å². The Balaban J connectivity index is 1.75. The summed E-state index contributed by atoms with van der Waals surface area (Å²) in [7, 11) is 0. The zero-order valence-electron chi connectivity index (χ0n) is 11.7. The van der Waals surface area contributed by atoms with Crippen molar-refractivity contribution in [2.24, 2.45) is 0 Å². The summed E-state index contributed by atoms with van der Waals surface area (Å²) in [4.78, 5) is 16.8. The van der Waals surface area contributed by atoms with Gasteiger partial charge in [-0.05, 0) is 45.3 Å². The topological polar surface area (TPSA) is 35.6 Å². The number of nitrogens with one attached hydrogen (secondary N) is 1. The highest BCUT2D eigenvalue weighted by atomic mass is 16.2. The molecular formula is C14H27N3O. The summed E-state index contributed by atoms with van der Waals surface area (Å²) >= 11 is 0. The lowest BCUT2D eigenvalue weighted by Gasteiger charge is -2.35. The van der Waals surface area contributed by atoms with Crippen LogP contribution in [0.4, 0.5) is 0 Å². The molecule has 1 unspecified atom stereocenters. The van der Waals surface area contributed by atoms with Crippen molar-refractivity contribution in [2.45, 2.75) is 45.1 Å². The Morgan fingerprint density at radius 3 is 2.61 bits per heavy atom. The van der Waals surface area contributed by atoms with Gasteiger partial charge in [0.15, 0.2) is 0 Å². The first kappa shape index (κ1) is 13.8. The number of hydrogen-bond acceptors (Lipinski definition) is 3. The second-order valence-corrected chi connectivity index (χ2v) is 5.48. The summed E-state index contributed by atoms with van der Waals surface area (Å²) in [5.41, 5.74) is 0. The molecule has 1 atom stereocenters. The summed E-state index contributed by atoms with van der Waals surface area (Å²) in [6, 6.07) is 0.0742. The molecule has 0 bridgehead atoms. The lowest BCUT2D eigenvalue weighted by Crippen LogP contribution is -2.52. The number of hydrogen-bond donors (Lipinski definition) is 1. The van der Waals surface area contributed by atoms with Crippen LogP contribution in [0.1, 0.15) is 39.0 Å². The molecule has 4 nitrogen and oxygen atoms in total. The maximum Gasteiger partial charge on any atom is 0.239 e. The molecule has 2 heterocycles. The van der Waals surface area contributed by atoms with Gasteiger partial charge in [0.05, 0.1) is 6.04 Å². The molecule has 2 aliphatic rings. The number of nitrogens with zero attached hydrogens (tertiary/aromatic N) is 2. The molecule has 104 valence electrons. The second kappa shape index (κ2) is 7.10. The maximum atomic E-state index is 12.2. The van der Waals surface area contributed by atoms with Gasteiger partial charge >= 0.3 is 0 Å². The van der Waals surface area contributed by atoms with Crippen LogP contribution < -0.4 is 5.32 Å². The van der Waals surface area contributed by atoms with Crippen molar-refractivity contribution in [3.05, 3.63) is 0 Å². The highest BCUT2D eigenvalue weighted by molar-refractivity contribution is 5.82. The summed E-state index contributed by atoms with van der Waals surface area (Å²) in [5.74, 6) is 0.320. The second-order valence-electron chi connectivity index (χ2n) is 5.48. The number of likely N-dealkylation sites (N-methyl/N-ethyl adjacent to an activating group) is 1. The van der Waals surface area contributed by atoms with Gasteiger partial charge in [0.1, 0.15) is 0 Å². The van der Waals surface area contributed by atoms with Gasteiger partial charge in [0, 0.05) is 19.6 Å². The molecule has 2 rings (SSSR count). The van der Waals surface area contributed by atoms with Crippen LogP contribution in [0.2, 0.25) is 0 Å². The van der Waals surface area contributed by atoms with Crippen molar-refractivity contribution in [3.63, 3.8) is 0 Å². The van der Waals surface area contributed by atoms with E-state index in [0.717, 1.165) is 39.0 Å². The van der Waals surface area contributed by atoms with Crippen molar-refractivity contribution >= 4 is 5.91 Å². The van der Waals surface area contributed by atoms with Crippen molar-refractivity contribution in [1.82, 2.24) is 15.1 Å².